The third-order valence-corrected chi connectivity index (χ3v) is 3.10. The van der Waals surface area contributed by atoms with Crippen LogP contribution < -0.4 is 5.73 Å². The molecule has 0 spiro atoms. The number of pyridine rings is 1. The quantitative estimate of drug-likeness (QED) is 0.729. The molecular formula is C13H15N5. The Labute approximate surface area is 105 Å². The highest BCUT2D eigenvalue weighted by molar-refractivity contribution is 5.92. The monoisotopic (exact) mass is 241 g/mol. The van der Waals surface area contributed by atoms with E-state index >= 15 is 0 Å². The fourth-order valence-electron chi connectivity index (χ4n) is 2.23. The van der Waals surface area contributed by atoms with Crippen molar-refractivity contribution < 1.29 is 0 Å². The second-order valence-corrected chi connectivity index (χ2v) is 4.29. The van der Waals surface area contributed by atoms with E-state index in [-0.39, 0.29) is 0 Å². The maximum atomic E-state index is 5.58. The van der Waals surface area contributed by atoms with Gasteiger partial charge in [-0.05, 0) is 31.2 Å². The zero-order chi connectivity index (χ0) is 12.5. The predicted octanol–water partition coefficient (Wildman–Crippen LogP) is 1.46. The highest BCUT2D eigenvalue weighted by atomic mass is 15.3. The second kappa shape index (κ2) is 4.27. The van der Waals surface area contributed by atoms with Crippen LogP contribution in [0.1, 0.15) is 5.69 Å². The molecule has 0 aromatic carbocycles. The molecule has 3 aromatic heterocycles. The molecule has 3 N–H and O–H groups in total. The Bertz CT molecular complexity index is 680. The van der Waals surface area contributed by atoms with Crippen LogP contribution in [-0.4, -0.2) is 26.3 Å². The third-order valence-electron chi connectivity index (χ3n) is 3.10. The number of nitrogens with zero attached hydrogens (tertiary/aromatic N) is 3. The number of hydrogen-bond donors (Lipinski definition) is 2. The van der Waals surface area contributed by atoms with Crippen LogP contribution in [0.3, 0.4) is 0 Å². The number of rotatable bonds is 3. The van der Waals surface area contributed by atoms with Crippen molar-refractivity contribution in [3.8, 4) is 11.3 Å². The summed E-state index contributed by atoms with van der Waals surface area (Å²) in [6.45, 7) is 0.633. The van der Waals surface area contributed by atoms with Crippen LogP contribution >= 0.6 is 0 Å². The molecule has 92 valence electrons. The molecule has 0 fully saturated rings. The fourth-order valence-corrected chi connectivity index (χ4v) is 2.23. The molecule has 0 unspecified atom stereocenters. The van der Waals surface area contributed by atoms with Crippen molar-refractivity contribution in [2.24, 2.45) is 12.8 Å². The molecule has 0 amide bonds. The van der Waals surface area contributed by atoms with Crippen LogP contribution in [0.5, 0.6) is 0 Å². The second-order valence-electron chi connectivity index (χ2n) is 4.29. The lowest BCUT2D eigenvalue weighted by atomic mass is 10.1. The smallest absolute Gasteiger partial charge is 0.138 e. The maximum absolute atomic E-state index is 5.58. The molecular weight excluding hydrogens is 226 g/mol. The molecule has 18 heavy (non-hydrogen) atoms. The van der Waals surface area contributed by atoms with Gasteiger partial charge in [0.25, 0.3) is 0 Å². The molecule has 5 nitrogen and oxygen atoms in total. The van der Waals surface area contributed by atoms with Crippen LogP contribution in [0.15, 0.2) is 30.6 Å². The molecule has 3 aromatic rings. The van der Waals surface area contributed by atoms with E-state index in [9.17, 15) is 0 Å². The summed E-state index contributed by atoms with van der Waals surface area (Å²) in [5.41, 5.74) is 9.83. The van der Waals surface area contributed by atoms with E-state index < -0.39 is 0 Å². The molecule has 3 heterocycles. The van der Waals surface area contributed by atoms with Crippen molar-refractivity contribution in [1.29, 1.82) is 0 Å². The SMILES string of the molecule is Cn1nccc1-c1ccnc2[nH]c(CCN)cc12. The van der Waals surface area contributed by atoms with Gasteiger partial charge in [0.2, 0.25) is 0 Å². The first-order chi connectivity index (χ1) is 8.79. The minimum atomic E-state index is 0.633. The first-order valence-electron chi connectivity index (χ1n) is 5.94. The molecule has 0 aliphatic heterocycles. The molecule has 3 rings (SSSR count). The number of aromatic amines is 1. The van der Waals surface area contributed by atoms with Crippen molar-refractivity contribution >= 4 is 11.0 Å². The van der Waals surface area contributed by atoms with Crippen molar-refractivity contribution in [1.82, 2.24) is 19.7 Å². The molecule has 0 aliphatic carbocycles. The standard InChI is InChI=1S/C13H15N5/c1-18-12(4-7-16-18)10-3-6-15-13-11(10)8-9(17-13)2-5-14/h3-4,6-8H,2,5,14H2,1H3,(H,15,17). The summed E-state index contributed by atoms with van der Waals surface area (Å²) in [5, 5.41) is 5.32. The molecule has 0 atom stereocenters. The summed E-state index contributed by atoms with van der Waals surface area (Å²) in [7, 11) is 1.94. The van der Waals surface area contributed by atoms with Gasteiger partial charge < -0.3 is 10.7 Å². The van der Waals surface area contributed by atoms with E-state index in [1.54, 1.807) is 6.20 Å². The summed E-state index contributed by atoms with van der Waals surface area (Å²) in [5.74, 6) is 0. The third kappa shape index (κ3) is 1.69. The lowest BCUT2D eigenvalue weighted by Crippen LogP contribution is -2.02. The first-order valence-corrected chi connectivity index (χ1v) is 5.94. The van der Waals surface area contributed by atoms with Gasteiger partial charge in [-0.25, -0.2) is 4.98 Å². The highest BCUT2D eigenvalue weighted by Gasteiger charge is 2.10. The van der Waals surface area contributed by atoms with Crippen LogP contribution in [0.25, 0.3) is 22.3 Å². The number of nitrogens with two attached hydrogens (primary N) is 1. The molecule has 0 aliphatic rings. The normalized spacial score (nSPS) is 11.2. The van der Waals surface area contributed by atoms with Crippen molar-refractivity contribution in [3.63, 3.8) is 0 Å². The van der Waals surface area contributed by atoms with E-state index in [0.717, 1.165) is 34.4 Å². The molecule has 0 bridgehead atoms. The Morgan fingerprint density at radius 1 is 1.33 bits per heavy atom. The lowest BCUT2D eigenvalue weighted by Gasteiger charge is -2.02. The van der Waals surface area contributed by atoms with Crippen molar-refractivity contribution in [2.45, 2.75) is 6.42 Å². The summed E-state index contributed by atoms with van der Waals surface area (Å²) < 4.78 is 1.87. The Morgan fingerprint density at radius 3 is 2.94 bits per heavy atom. The summed E-state index contributed by atoms with van der Waals surface area (Å²) in [6.07, 6.45) is 4.45. The number of nitrogens with one attached hydrogen (secondary N) is 1. The van der Waals surface area contributed by atoms with Gasteiger partial charge in [-0.2, -0.15) is 5.10 Å². The Balaban J connectivity index is 2.20. The number of aromatic nitrogens is 4. The average molecular weight is 241 g/mol. The van der Waals surface area contributed by atoms with E-state index in [4.69, 9.17) is 5.73 Å². The van der Waals surface area contributed by atoms with Gasteiger partial charge in [0, 0.05) is 36.1 Å². The fraction of sp³-hybridized carbons (Fsp3) is 0.231. The van der Waals surface area contributed by atoms with Crippen LogP contribution in [0.4, 0.5) is 0 Å². The molecule has 0 saturated carbocycles. The van der Waals surface area contributed by atoms with E-state index in [2.05, 4.69) is 21.1 Å². The zero-order valence-electron chi connectivity index (χ0n) is 10.2. The van der Waals surface area contributed by atoms with E-state index in [1.165, 1.54) is 0 Å². The molecule has 0 radical (unpaired) electrons. The van der Waals surface area contributed by atoms with Gasteiger partial charge in [0.05, 0.1) is 5.69 Å². The minimum Gasteiger partial charge on any atom is -0.343 e. The Hall–Kier alpha value is -2.14. The number of hydrogen-bond acceptors (Lipinski definition) is 3. The van der Waals surface area contributed by atoms with Crippen molar-refractivity contribution in [2.75, 3.05) is 6.54 Å². The summed E-state index contributed by atoms with van der Waals surface area (Å²) in [4.78, 5) is 7.66. The van der Waals surface area contributed by atoms with E-state index in [1.807, 2.05) is 30.1 Å². The van der Waals surface area contributed by atoms with Gasteiger partial charge in [-0.1, -0.05) is 0 Å². The summed E-state index contributed by atoms with van der Waals surface area (Å²) in [6, 6.07) is 6.14. The van der Waals surface area contributed by atoms with Gasteiger partial charge in [-0.3, -0.25) is 4.68 Å². The van der Waals surface area contributed by atoms with Gasteiger partial charge in [0.1, 0.15) is 5.65 Å². The number of aryl methyl sites for hydroxylation is 1. The average Bonchev–Trinajstić information content (AvgIpc) is 2.94. The number of fused-ring (bicyclic) bond motifs is 1. The first kappa shape index (κ1) is 11.0. The maximum Gasteiger partial charge on any atom is 0.138 e. The highest BCUT2D eigenvalue weighted by Crippen LogP contribution is 2.27. The van der Waals surface area contributed by atoms with Crippen molar-refractivity contribution in [3.05, 3.63) is 36.3 Å². The molecule has 5 heteroatoms. The number of H-pyrrole nitrogens is 1. The summed E-state index contributed by atoms with van der Waals surface area (Å²) >= 11 is 0. The van der Waals surface area contributed by atoms with Crippen LogP contribution in [0.2, 0.25) is 0 Å². The predicted molar refractivity (Wildman–Crippen MR) is 71.1 cm³/mol. The van der Waals surface area contributed by atoms with E-state index in [0.29, 0.717) is 6.54 Å². The largest absolute Gasteiger partial charge is 0.343 e. The van der Waals surface area contributed by atoms with Crippen LogP contribution in [-0.2, 0) is 13.5 Å². The topological polar surface area (TPSA) is 72.5 Å². The van der Waals surface area contributed by atoms with Crippen LogP contribution in [0, 0.1) is 0 Å². The van der Waals surface area contributed by atoms with Gasteiger partial charge in [0.15, 0.2) is 0 Å². The lowest BCUT2D eigenvalue weighted by molar-refractivity contribution is 0.776. The molecule has 0 saturated heterocycles. The minimum absolute atomic E-state index is 0.633. The van der Waals surface area contributed by atoms with Gasteiger partial charge >= 0.3 is 0 Å². The Kier molecular flexibility index (Phi) is 2.60. The zero-order valence-corrected chi connectivity index (χ0v) is 10.2. The van der Waals surface area contributed by atoms with Gasteiger partial charge in [-0.15, -0.1) is 0 Å². The Morgan fingerprint density at radius 2 is 2.22 bits per heavy atom.